The van der Waals surface area contributed by atoms with Gasteiger partial charge in [-0.25, -0.2) is 9.97 Å². The van der Waals surface area contributed by atoms with Gasteiger partial charge in [0.05, 0.1) is 11.9 Å². The van der Waals surface area contributed by atoms with Gasteiger partial charge in [-0.1, -0.05) is 0 Å². The maximum absolute atomic E-state index is 12.4. The van der Waals surface area contributed by atoms with Crippen molar-refractivity contribution in [3.05, 3.63) is 42.4 Å². The van der Waals surface area contributed by atoms with E-state index < -0.39 is 0 Å². The molecule has 2 aromatic rings. The van der Waals surface area contributed by atoms with Gasteiger partial charge in [0.15, 0.2) is 0 Å². The summed E-state index contributed by atoms with van der Waals surface area (Å²) < 4.78 is 0. The molecule has 1 fully saturated rings. The maximum atomic E-state index is 12.4. The largest absolute Gasteiger partial charge is 0.382 e. The van der Waals surface area contributed by atoms with E-state index >= 15 is 0 Å². The molecule has 0 aromatic carbocycles. The molecule has 1 atom stereocenters. The maximum Gasteiger partial charge on any atom is 0.274 e. The van der Waals surface area contributed by atoms with Gasteiger partial charge in [-0.2, -0.15) is 0 Å². The Balaban J connectivity index is 1.67. The van der Waals surface area contributed by atoms with E-state index in [1.165, 1.54) is 12.4 Å². The summed E-state index contributed by atoms with van der Waals surface area (Å²) in [5, 5.41) is 0. The molecular weight excluding hydrogens is 280 g/mol. The zero-order chi connectivity index (χ0) is 15.4. The molecule has 1 amide bonds. The van der Waals surface area contributed by atoms with E-state index in [2.05, 4.69) is 19.9 Å². The highest BCUT2D eigenvalue weighted by molar-refractivity contribution is 5.92. The first kappa shape index (κ1) is 14.4. The van der Waals surface area contributed by atoms with Crippen molar-refractivity contribution in [2.75, 3.05) is 18.8 Å². The number of anilines is 1. The molecule has 0 radical (unpaired) electrons. The van der Waals surface area contributed by atoms with E-state index in [-0.39, 0.29) is 5.91 Å². The van der Waals surface area contributed by atoms with Crippen molar-refractivity contribution < 1.29 is 4.79 Å². The fourth-order valence-corrected chi connectivity index (χ4v) is 2.80. The van der Waals surface area contributed by atoms with Gasteiger partial charge in [0, 0.05) is 37.9 Å². The first-order chi connectivity index (χ1) is 10.7. The van der Waals surface area contributed by atoms with Crippen molar-refractivity contribution in [3.8, 4) is 0 Å². The average Bonchev–Trinajstić information content (AvgIpc) is 2.57. The van der Waals surface area contributed by atoms with Crippen molar-refractivity contribution in [1.29, 1.82) is 0 Å². The zero-order valence-corrected chi connectivity index (χ0v) is 12.2. The number of nitrogens with zero attached hydrogens (tertiary/aromatic N) is 5. The fourth-order valence-electron chi connectivity index (χ4n) is 2.80. The second-order valence-electron chi connectivity index (χ2n) is 5.44. The van der Waals surface area contributed by atoms with Crippen LogP contribution >= 0.6 is 0 Å². The van der Waals surface area contributed by atoms with Crippen LogP contribution in [0.5, 0.6) is 0 Å². The van der Waals surface area contributed by atoms with Gasteiger partial charge in [-0.15, -0.1) is 0 Å². The Bertz CT molecular complexity index is 647. The van der Waals surface area contributed by atoms with Crippen LogP contribution in [-0.4, -0.2) is 43.8 Å². The molecule has 1 saturated heterocycles. The fraction of sp³-hybridized carbons (Fsp3) is 0.400. The minimum atomic E-state index is -0.0649. The van der Waals surface area contributed by atoms with E-state index in [0.29, 0.717) is 24.0 Å². The molecule has 1 unspecified atom stereocenters. The normalized spacial score (nSPS) is 18.2. The number of carbonyl (C=O) groups is 1. The highest BCUT2D eigenvalue weighted by atomic mass is 16.2. The Labute approximate surface area is 128 Å². The molecule has 3 rings (SSSR count). The van der Waals surface area contributed by atoms with Crippen LogP contribution in [0.15, 0.2) is 31.0 Å². The van der Waals surface area contributed by atoms with Crippen LogP contribution in [0.2, 0.25) is 0 Å². The summed E-state index contributed by atoms with van der Waals surface area (Å²) in [7, 11) is 0. The monoisotopic (exact) mass is 298 g/mol. The molecule has 0 spiro atoms. The highest BCUT2D eigenvalue weighted by Crippen LogP contribution is 2.22. The minimum Gasteiger partial charge on any atom is -0.382 e. The van der Waals surface area contributed by atoms with E-state index in [9.17, 15) is 4.79 Å². The molecule has 1 aliphatic rings. The highest BCUT2D eigenvalue weighted by Gasteiger charge is 2.26. The number of hydrogen-bond acceptors (Lipinski definition) is 6. The van der Waals surface area contributed by atoms with Gasteiger partial charge in [0.2, 0.25) is 0 Å². The molecule has 7 heteroatoms. The Hall–Kier alpha value is -2.57. The Morgan fingerprint density at radius 1 is 1.23 bits per heavy atom. The number of carbonyl (C=O) groups excluding carboxylic acids is 1. The van der Waals surface area contributed by atoms with Crippen molar-refractivity contribution >= 4 is 11.7 Å². The van der Waals surface area contributed by atoms with Crippen LogP contribution in [0.4, 0.5) is 5.82 Å². The summed E-state index contributed by atoms with van der Waals surface area (Å²) in [6.07, 6.45) is 10.6. The molecule has 2 N–H and O–H groups in total. The lowest BCUT2D eigenvalue weighted by molar-refractivity contribution is 0.0666. The summed E-state index contributed by atoms with van der Waals surface area (Å²) in [6, 6.07) is 0. The third-order valence-corrected chi connectivity index (χ3v) is 3.88. The second kappa shape index (κ2) is 6.46. The van der Waals surface area contributed by atoms with Crippen LogP contribution in [0.25, 0.3) is 0 Å². The molecule has 0 bridgehead atoms. The SMILES string of the molecule is Nc1nccnc1CC1CCCN(C(=O)c2cnccn2)C1. The third kappa shape index (κ3) is 3.19. The number of hydrogen-bond donors (Lipinski definition) is 1. The zero-order valence-electron chi connectivity index (χ0n) is 12.2. The number of amides is 1. The van der Waals surface area contributed by atoms with Gasteiger partial charge in [-0.3, -0.25) is 14.8 Å². The smallest absolute Gasteiger partial charge is 0.274 e. The molecule has 0 aliphatic carbocycles. The molecule has 3 heterocycles. The molecule has 7 nitrogen and oxygen atoms in total. The number of likely N-dealkylation sites (tertiary alicyclic amines) is 1. The van der Waals surface area contributed by atoms with E-state index in [0.717, 1.165) is 31.5 Å². The second-order valence-corrected chi connectivity index (χ2v) is 5.44. The predicted molar refractivity (Wildman–Crippen MR) is 80.8 cm³/mol. The van der Waals surface area contributed by atoms with Gasteiger partial charge in [-0.05, 0) is 25.2 Å². The summed E-state index contributed by atoms with van der Waals surface area (Å²) in [4.78, 5) is 30.7. The lowest BCUT2D eigenvalue weighted by Gasteiger charge is -2.32. The Kier molecular flexibility index (Phi) is 4.22. The van der Waals surface area contributed by atoms with Gasteiger partial charge in [0.1, 0.15) is 11.5 Å². The van der Waals surface area contributed by atoms with Crippen LogP contribution in [-0.2, 0) is 6.42 Å². The lowest BCUT2D eigenvalue weighted by atomic mass is 9.93. The van der Waals surface area contributed by atoms with Gasteiger partial charge >= 0.3 is 0 Å². The van der Waals surface area contributed by atoms with Crippen LogP contribution in [0.3, 0.4) is 0 Å². The summed E-state index contributed by atoms with van der Waals surface area (Å²) in [5.41, 5.74) is 7.05. The van der Waals surface area contributed by atoms with E-state index in [1.807, 2.05) is 4.90 Å². The van der Waals surface area contributed by atoms with Crippen LogP contribution in [0, 0.1) is 5.92 Å². The number of piperidine rings is 1. The Morgan fingerprint density at radius 2 is 2.05 bits per heavy atom. The molecule has 2 aromatic heterocycles. The molecule has 22 heavy (non-hydrogen) atoms. The summed E-state index contributed by atoms with van der Waals surface area (Å²) in [5.74, 6) is 0.748. The van der Waals surface area contributed by atoms with Crippen LogP contribution < -0.4 is 5.73 Å². The summed E-state index contributed by atoms with van der Waals surface area (Å²) in [6.45, 7) is 1.44. The molecule has 114 valence electrons. The number of nitrogens with two attached hydrogens (primary N) is 1. The number of aromatic nitrogens is 4. The van der Waals surface area contributed by atoms with Crippen molar-refractivity contribution in [1.82, 2.24) is 24.8 Å². The number of nitrogen functional groups attached to an aromatic ring is 1. The molecular formula is C15H18N6O. The van der Waals surface area contributed by atoms with E-state index in [1.54, 1.807) is 18.6 Å². The van der Waals surface area contributed by atoms with Crippen LogP contribution in [0.1, 0.15) is 29.0 Å². The van der Waals surface area contributed by atoms with Crippen molar-refractivity contribution in [3.63, 3.8) is 0 Å². The quantitative estimate of drug-likeness (QED) is 0.905. The first-order valence-corrected chi connectivity index (χ1v) is 7.34. The van der Waals surface area contributed by atoms with E-state index in [4.69, 9.17) is 5.73 Å². The topological polar surface area (TPSA) is 97.9 Å². The van der Waals surface area contributed by atoms with Crippen molar-refractivity contribution in [2.45, 2.75) is 19.3 Å². The lowest BCUT2D eigenvalue weighted by Crippen LogP contribution is -2.41. The van der Waals surface area contributed by atoms with Gasteiger partial charge in [0.25, 0.3) is 5.91 Å². The standard InChI is InChI=1S/C15H18N6O/c16-14-12(18-5-6-20-14)8-11-2-1-7-21(10-11)15(22)13-9-17-3-4-19-13/h3-6,9,11H,1-2,7-8,10H2,(H2,16,20). The average molecular weight is 298 g/mol. The first-order valence-electron chi connectivity index (χ1n) is 7.34. The molecule has 0 saturated carbocycles. The van der Waals surface area contributed by atoms with Gasteiger partial charge < -0.3 is 10.6 Å². The third-order valence-electron chi connectivity index (χ3n) is 3.88. The Morgan fingerprint density at radius 3 is 2.82 bits per heavy atom. The number of rotatable bonds is 3. The summed E-state index contributed by atoms with van der Waals surface area (Å²) >= 11 is 0. The predicted octanol–water partition coefficient (Wildman–Crippen LogP) is 0.944. The molecule has 1 aliphatic heterocycles. The van der Waals surface area contributed by atoms with Crippen molar-refractivity contribution in [2.24, 2.45) is 5.92 Å². The minimum absolute atomic E-state index is 0.0649.